The van der Waals surface area contributed by atoms with Crippen LogP contribution in [-0.4, -0.2) is 48.6 Å². The predicted octanol–water partition coefficient (Wildman–Crippen LogP) is 0.517. The zero-order valence-electron chi connectivity index (χ0n) is 11.5. The summed E-state index contributed by atoms with van der Waals surface area (Å²) in [6.45, 7) is 2.89. The van der Waals surface area contributed by atoms with Crippen molar-refractivity contribution >= 4 is 6.21 Å². The van der Waals surface area contributed by atoms with Crippen LogP contribution >= 0.6 is 0 Å². The lowest BCUT2D eigenvalue weighted by molar-refractivity contribution is -0.605. The Kier molecular flexibility index (Phi) is 5.76. The van der Waals surface area contributed by atoms with Crippen molar-refractivity contribution in [2.45, 2.75) is 25.4 Å². The number of piperidine rings is 1. The first-order chi connectivity index (χ1) is 9.74. The Morgan fingerprint density at radius 1 is 1.45 bits per heavy atom. The topological polar surface area (TPSA) is 72.0 Å². The van der Waals surface area contributed by atoms with E-state index in [1.165, 1.54) is 37.9 Å². The summed E-state index contributed by atoms with van der Waals surface area (Å²) in [5.41, 5.74) is 0.660. The zero-order valence-corrected chi connectivity index (χ0v) is 11.5. The number of β-amino-alcohol motifs (C(OH)–C–C–N with tert-alkyl or cyclic N) is 1. The third-order valence-electron chi connectivity index (χ3n) is 3.26. The van der Waals surface area contributed by atoms with Crippen LogP contribution in [0.15, 0.2) is 29.7 Å². The minimum atomic E-state index is -0.537. The largest absolute Gasteiger partial charge is 0.619 e. The molecule has 0 spiro atoms. The van der Waals surface area contributed by atoms with Gasteiger partial charge in [0, 0.05) is 12.6 Å². The van der Waals surface area contributed by atoms with Crippen molar-refractivity contribution in [1.29, 1.82) is 0 Å². The molecule has 0 radical (unpaired) electrons. The van der Waals surface area contributed by atoms with E-state index < -0.39 is 6.10 Å². The molecule has 1 saturated heterocycles. The zero-order chi connectivity index (χ0) is 14.2. The van der Waals surface area contributed by atoms with E-state index >= 15 is 0 Å². The molecule has 1 aromatic heterocycles. The van der Waals surface area contributed by atoms with Crippen molar-refractivity contribution < 1.29 is 14.7 Å². The van der Waals surface area contributed by atoms with E-state index in [2.05, 4.69) is 10.1 Å². The molecule has 6 nitrogen and oxygen atoms in total. The van der Waals surface area contributed by atoms with E-state index in [-0.39, 0.29) is 6.61 Å². The van der Waals surface area contributed by atoms with Crippen LogP contribution in [0.2, 0.25) is 0 Å². The van der Waals surface area contributed by atoms with Crippen molar-refractivity contribution in [3.8, 4) is 0 Å². The summed E-state index contributed by atoms with van der Waals surface area (Å²) in [5, 5.41) is 24.6. The molecule has 6 heteroatoms. The monoisotopic (exact) mass is 279 g/mol. The average Bonchev–Trinajstić information content (AvgIpc) is 2.45. The van der Waals surface area contributed by atoms with Gasteiger partial charge in [0.05, 0.1) is 11.8 Å². The molecule has 0 aliphatic carbocycles. The highest BCUT2D eigenvalue weighted by atomic mass is 16.6. The molecule has 20 heavy (non-hydrogen) atoms. The first-order valence-corrected chi connectivity index (χ1v) is 6.98. The quantitative estimate of drug-likeness (QED) is 0.356. The number of likely N-dealkylation sites (tertiary alicyclic amines) is 1. The van der Waals surface area contributed by atoms with Gasteiger partial charge in [-0.2, -0.15) is 4.73 Å². The van der Waals surface area contributed by atoms with E-state index in [0.29, 0.717) is 16.8 Å². The molecule has 1 aliphatic rings. The van der Waals surface area contributed by atoms with Crippen LogP contribution in [0.25, 0.3) is 0 Å². The third kappa shape index (κ3) is 5.14. The Morgan fingerprint density at radius 3 is 3.00 bits per heavy atom. The van der Waals surface area contributed by atoms with Crippen LogP contribution in [0.3, 0.4) is 0 Å². The molecule has 1 fully saturated rings. The lowest BCUT2D eigenvalue weighted by atomic mass is 10.1. The molecule has 0 unspecified atom stereocenters. The van der Waals surface area contributed by atoms with Crippen LogP contribution in [0, 0.1) is 5.21 Å². The minimum Gasteiger partial charge on any atom is -0.619 e. The molecular weight excluding hydrogens is 258 g/mol. The van der Waals surface area contributed by atoms with Gasteiger partial charge in [0.25, 0.3) is 0 Å². The molecule has 1 aromatic rings. The molecule has 1 aliphatic heterocycles. The van der Waals surface area contributed by atoms with Crippen molar-refractivity contribution in [3.63, 3.8) is 0 Å². The van der Waals surface area contributed by atoms with Crippen molar-refractivity contribution in [2.24, 2.45) is 5.16 Å². The van der Waals surface area contributed by atoms with Crippen LogP contribution in [0.5, 0.6) is 0 Å². The molecule has 2 heterocycles. The number of rotatable bonds is 6. The van der Waals surface area contributed by atoms with Gasteiger partial charge in [0.1, 0.15) is 12.7 Å². The number of aromatic nitrogens is 1. The maximum atomic E-state index is 11.0. The Hall–Kier alpha value is -1.66. The highest BCUT2D eigenvalue weighted by molar-refractivity contribution is 5.77. The molecule has 0 saturated carbocycles. The highest BCUT2D eigenvalue weighted by Crippen LogP contribution is 2.08. The fraction of sp³-hybridized carbons (Fsp3) is 0.571. The normalized spacial score (nSPS) is 18.2. The number of aliphatic hydroxyl groups excluding tert-OH is 1. The second kappa shape index (κ2) is 7.81. The molecule has 110 valence electrons. The number of oxime groups is 1. The molecule has 2 rings (SSSR count). The molecule has 0 amide bonds. The number of pyridine rings is 1. The summed E-state index contributed by atoms with van der Waals surface area (Å²) >= 11 is 0. The van der Waals surface area contributed by atoms with Gasteiger partial charge in [-0.05, 0) is 32.0 Å². The van der Waals surface area contributed by atoms with Crippen LogP contribution in [0.1, 0.15) is 24.8 Å². The van der Waals surface area contributed by atoms with E-state index in [9.17, 15) is 10.3 Å². The summed E-state index contributed by atoms with van der Waals surface area (Å²) in [7, 11) is 0. The Labute approximate surface area is 118 Å². The highest BCUT2D eigenvalue weighted by Gasteiger charge is 2.14. The molecule has 1 N–H and O–H groups in total. The maximum Gasteiger partial charge on any atom is 0.189 e. The van der Waals surface area contributed by atoms with Gasteiger partial charge in [0.2, 0.25) is 0 Å². The Bertz CT molecular complexity index is 433. The lowest BCUT2D eigenvalue weighted by Gasteiger charge is -2.27. The standard InChI is InChI=1S/C14H21N3O3/c18-14(11-16-6-2-1-3-7-16)12-20-15-9-13-5-4-8-17(19)10-13/h4-5,8-10,14,18H,1-3,6-7,11-12H2/t14-/m1/s1. The van der Waals surface area contributed by atoms with Crippen molar-refractivity contribution in [3.05, 3.63) is 35.3 Å². The summed E-state index contributed by atoms with van der Waals surface area (Å²) in [5.74, 6) is 0. The first kappa shape index (κ1) is 14.7. The van der Waals surface area contributed by atoms with Crippen LogP contribution in [-0.2, 0) is 4.84 Å². The van der Waals surface area contributed by atoms with Gasteiger partial charge in [-0.25, -0.2) is 0 Å². The lowest BCUT2D eigenvalue weighted by Crippen LogP contribution is -2.37. The van der Waals surface area contributed by atoms with Gasteiger partial charge in [0.15, 0.2) is 12.4 Å². The van der Waals surface area contributed by atoms with Gasteiger partial charge >= 0.3 is 0 Å². The van der Waals surface area contributed by atoms with Gasteiger partial charge in [-0.15, -0.1) is 0 Å². The SMILES string of the molecule is [O-][n+]1cccc(C=NOC[C@H](O)CN2CCCCC2)c1. The van der Waals surface area contributed by atoms with Crippen molar-refractivity contribution in [2.75, 3.05) is 26.2 Å². The molecule has 1 atom stereocenters. The fourth-order valence-corrected chi connectivity index (χ4v) is 2.27. The smallest absolute Gasteiger partial charge is 0.189 e. The minimum absolute atomic E-state index is 0.164. The second-order valence-corrected chi connectivity index (χ2v) is 5.04. The van der Waals surface area contributed by atoms with E-state index in [0.717, 1.165) is 13.1 Å². The predicted molar refractivity (Wildman–Crippen MR) is 75.2 cm³/mol. The molecule has 0 aromatic carbocycles. The fourth-order valence-electron chi connectivity index (χ4n) is 2.27. The summed E-state index contributed by atoms with van der Waals surface area (Å²) in [6.07, 6.45) is 7.42. The van der Waals surface area contributed by atoms with E-state index in [4.69, 9.17) is 4.84 Å². The van der Waals surface area contributed by atoms with E-state index in [1.807, 2.05) is 0 Å². The third-order valence-corrected chi connectivity index (χ3v) is 3.26. The van der Waals surface area contributed by atoms with Crippen molar-refractivity contribution in [1.82, 2.24) is 4.90 Å². The average molecular weight is 279 g/mol. The Balaban J connectivity index is 1.66. The first-order valence-electron chi connectivity index (χ1n) is 6.98. The van der Waals surface area contributed by atoms with Gasteiger partial charge < -0.3 is 20.1 Å². The second-order valence-electron chi connectivity index (χ2n) is 5.04. The Morgan fingerprint density at radius 2 is 2.25 bits per heavy atom. The number of hydrogen-bond acceptors (Lipinski definition) is 5. The maximum absolute atomic E-state index is 11.0. The number of hydrogen-bond donors (Lipinski definition) is 1. The molecular formula is C14H21N3O3. The summed E-state index contributed by atoms with van der Waals surface area (Å²) < 4.78 is 0.701. The summed E-state index contributed by atoms with van der Waals surface area (Å²) in [6, 6.07) is 3.39. The van der Waals surface area contributed by atoms with Crippen LogP contribution in [0.4, 0.5) is 0 Å². The van der Waals surface area contributed by atoms with Crippen LogP contribution < -0.4 is 4.73 Å². The van der Waals surface area contributed by atoms with Gasteiger partial charge in [-0.1, -0.05) is 11.6 Å². The summed E-state index contributed by atoms with van der Waals surface area (Å²) in [4.78, 5) is 7.31. The van der Waals surface area contributed by atoms with E-state index in [1.54, 1.807) is 12.1 Å². The number of nitrogens with zero attached hydrogens (tertiary/aromatic N) is 3. The van der Waals surface area contributed by atoms with Gasteiger partial charge in [-0.3, -0.25) is 0 Å². The molecule has 0 bridgehead atoms. The number of aliphatic hydroxyl groups is 1.